The number of carbonyl (C=O) groups excluding carboxylic acids is 1. The number of halogens is 6. The standard InChI is InChI=1S/C19H15F6N3O2/c1-30-14-9-7-12(8-10-14)11-28-15(13-5-3-2-4-6-13)26-17(18(20,21)22,19(23,24)25)27-16(28)29/h2-10H,11H2,1H3,(H,27,29). The van der Waals surface area contributed by atoms with Crippen LogP contribution in [0.25, 0.3) is 0 Å². The van der Waals surface area contributed by atoms with E-state index in [1.165, 1.54) is 49.6 Å². The number of benzene rings is 2. The van der Waals surface area contributed by atoms with E-state index in [4.69, 9.17) is 4.74 Å². The summed E-state index contributed by atoms with van der Waals surface area (Å²) in [6.07, 6.45) is -11.8. The van der Waals surface area contributed by atoms with Crippen LogP contribution in [-0.4, -0.2) is 41.9 Å². The van der Waals surface area contributed by atoms with Crippen molar-refractivity contribution in [2.75, 3.05) is 7.11 Å². The van der Waals surface area contributed by atoms with Gasteiger partial charge in [0.25, 0.3) is 0 Å². The Balaban J connectivity index is 2.14. The molecule has 0 bridgehead atoms. The van der Waals surface area contributed by atoms with E-state index in [9.17, 15) is 31.1 Å². The fourth-order valence-electron chi connectivity index (χ4n) is 2.86. The summed E-state index contributed by atoms with van der Waals surface area (Å²) in [4.78, 5) is 16.3. The zero-order valence-electron chi connectivity index (χ0n) is 15.4. The van der Waals surface area contributed by atoms with Gasteiger partial charge in [-0.2, -0.15) is 26.3 Å². The number of nitrogens with zero attached hydrogens (tertiary/aromatic N) is 2. The van der Waals surface area contributed by atoms with Gasteiger partial charge in [-0.15, -0.1) is 0 Å². The lowest BCUT2D eigenvalue weighted by atomic mass is 10.1. The number of ether oxygens (including phenoxy) is 1. The summed E-state index contributed by atoms with van der Waals surface area (Å²) >= 11 is 0. The summed E-state index contributed by atoms with van der Waals surface area (Å²) < 4.78 is 86.1. The molecule has 0 spiro atoms. The van der Waals surface area contributed by atoms with E-state index >= 15 is 0 Å². The molecular weight excluding hydrogens is 416 g/mol. The monoisotopic (exact) mass is 431 g/mol. The van der Waals surface area contributed by atoms with Gasteiger partial charge in [0, 0.05) is 5.56 Å². The van der Waals surface area contributed by atoms with Gasteiger partial charge in [-0.25, -0.2) is 9.79 Å². The molecule has 1 heterocycles. The summed E-state index contributed by atoms with van der Waals surface area (Å²) in [5, 5.41) is 1.03. The molecule has 3 rings (SSSR count). The van der Waals surface area contributed by atoms with Crippen LogP contribution in [0.2, 0.25) is 0 Å². The molecule has 2 aromatic carbocycles. The van der Waals surface area contributed by atoms with Crippen LogP contribution in [-0.2, 0) is 6.54 Å². The van der Waals surface area contributed by atoms with Crippen molar-refractivity contribution in [1.29, 1.82) is 0 Å². The second kappa shape index (κ2) is 7.54. The third-order valence-electron chi connectivity index (χ3n) is 4.41. The molecule has 5 nitrogen and oxygen atoms in total. The Hall–Kier alpha value is -3.24. The first kappa shape index (κ1) is 21.5. The summed E-state index contributed by atoms with van der Waals surface area (Å²) in [7, 11) is 1.43. The predicted octanol–water partition coefficient (Wildman–Crippen LogP) is 4.49. The van der Waals surface area contributed by atoms with Crippen molar-refractivity contribution < 1.29 is 35.9 Å². The molecule has 0 fully saturated rings. The van der Waals surface area contributed by atoms with E-state index in [1.54, 1.807) is 12.1 Å². The molecule has 2 amide bonds. The van der Waals surface area contributed by atoms with Crippen molar-refractivity contribution in [3.05, 3.63) is 65.7 Å². The van der Waals surface area contributed by atoms with Gasteiger partial charge in [0.15, 0.2) is 0 Å². The van der Waals surface area contributed by atoms with Crippen LogP contribution in [0.15, 0.2) is 59.6 Å². The Bertz CT molecular complexity index is 925. The molecule has 0 radical (unpaired) electrons. The van der Waals surface area contributed by atoms with Crippen molar-refractivity contribution in [1.82, 2.24) is 10.2 Å². The molecule has 0 aromatic heterocycles. The van der Waals surface area contributed by atoms with Crippen molar-refractivity contribution in [2.24, 2.45) is 4.99 Å². The van der Waals surface area contributed by atoms with Crippen LogP contribution in [0.3, 0.4) is 0 Å². The molecule has 0 saturated heterocycles. The van der Waals surface area contributed by atoms with Gasteiger partial charge in [0.05, 0.1) is 13.7 Å². The smallest absolute Gasteiger partial charge is 0.441 e. The van der Waals surface area contributed by atoms with E-state index in [0.717, 1.165) is 10.2 Å². The van der Waals surface area contributed by atoms with Gasteiger partial charge in [0.2, 0.25) is 0 Å². The van der Waals surface area contributed by atoms with Crippen molar-refractivity contribution >= 4 is 11.9 Å². The molecule has 0 saturated carbocycles. The third kappa shape index (κ3) is 3.79. The molecule has 0 aliphatic carbocycles. The van der Waals surface area contributed by atoms with Gasteiger partial charge in [0.1, 0.15) is 11.6 Å². The fraction of sp³-hybridized carbons (Fsp3) is 0.263. The van der Waals surface area contributed by atoms with E-state index in [1.807, 2.05) is 0 Å². The van der Waals surface area contributed by atoms with Crippen LogP contribution in [0.4, 0.5) is 31.1 Å². The lowest BCUT2D eigenvalue weighted by Crippen LogP contribution is -2.71. The minimum Gasteiger partial charge on any atom is -0.497 e. The number of urea groups is 1. The van der Waals surface area contributed by atoms with E-state index in [-0.39, 0.29) is 12.1 Å². The number of methoxy groups -OCH3 is 1. The Kier molecular flexibility index (Phi) is 5.40. The number of carbonyl (C=O) groups is 1. The first-order valence-corrected chi connectivity index (χ1v) is 8.50. The third-order valence-corrected chi connectivity index (χ3v) is 4.41. The SMILES string of the molecule is COc1ccc(CN2C(=O)NC(C(F)(F)F)(C(F)(F)F)N=C2c2ccccc2)cc1. The molecule has 0 atom stereocenters. The van der Waals surface area contributed by atoms with Crippen molar-refractivity contribution in [2.45, 2.75) is 24.6 Å². The van der Waals surface area contributed by atoms with Crippen molar-refractivity contribution in [3.8, 4) is 5.75 Å². The maximum absolute atomic E-state index is 13.5. The second-order valence-corrected chi connectivity index (χ2v) is 6.37. The summed E-state index contributed by atoms with van der Waals surface area (Å²) in [6.45, 7) is -0.310. The Morgan fingerprint density at radius 2 is 1.53 bits per heavy atom. The molecule has 11 heteroatoms. The van der Waals surface area contributed by atoms with Crippen LogP contribution >= 0.6 is 0 Å². The van der Waals surface area contributed by atoms with Gasteiger partial charge in [-0.05, 0) is 17.7 Å². The zero-order valence-corrected chi connectivity index (χ0v) is 15.4. The zero-order chi connectivity index (χ0) is 22.2. The average Bonchev–Trinajstić information content (AvgIpc) is 2.68. The molecule has 30 heavy (non-hydrogen) atoms. The second-order valence-electron chi connectivity index (χ2n) is 6.37. The molecule has 2 aromatic rings. The number of nitrogens with one attached hydrogen (secondary N) is 1. The Morgan fingerprint density at radius 3 is 2.03 bits per heavy atom. The van der Waals surface area contributed by atoms with Crippen molar-refractivity contribution in [3.63, 3.8) is 0 Å². The topological polar surface area (TPSA) is 53.9 Å². The molecule has 0 unspecified atom stereocenters. The molecule has 1 N–H and O–H groups in total. The number of hydrogen-bond acceptors (Lipinski definition) is 3. The highest BCUT2D eigenvalue weighted by Gasteiger charge is 2.74. The lowest BCUT2D eigenvalue weighted by Gasteiger charge is -2.41. The van der Waals surface area contributed by atoms with Gasteiger partial charge in [-0.1, -0.05) is 42.5 Å². The van der Waals surface area contributed by atoms with E-state index in [2.05, 4.69) is 4.99 Å². The number of amidine groups is 1. The predicted molar refractivity (Wildman–Crippen MR) is 94.9 cm³/mol. The molecule has 1 aliphatic rings. The highest BCUT2D eigenvalue weighted by molar-refractivity contribution is 6.09. The largest absolute Gasteiger partial charge is 0.497 e. The number of aliphatic imine (C=N–C) groups is 1. The van der Waals surface area contributed by atoms with E-state index in [0.29, 0.717) is 11.3 Å². The Labute approximate surface area is 167 Å². The highest BCUT2D eigenvalue weighted by Crippen LogP contribution is 2.46. The maximum Gasteiger partial charge on any atom is 0.441 e. The number of hydrogen-bond donors (Lipinski definition) is 1. The fourth-order valence-corrected chi connectivity index (χ4v) is 2.86. The van der Waals surface area contributed by atoms with Crippen LogP contribution in [0.1, 0.15) is 11.1 Å². The number of alkyl halides is 6. The van der Waals surface area contributed by atoms with Gasteiger partial charge < -0.3 is 4.74 Å². The summed E-state index contributed by atoms with van der Waals surface area (Å²) in [5.41, 5.74) is -4.38. The molecular formula is C19H15F6N3O2. The maximum atomic E-state index is 13.5. The van der Waals surface area contributed by atoms with Crippen LogP contribution in [0, 0.1) is 0 Å². The lowest BCUT2D eigenvalue weighted by molar-refractivity contribution is -0.302. The quantitative estimate of drug-likeness (QED) is 0.726. The summed E-state index contributed by atoms with van der Waals surface area (Å²) in [6, 6.07) is 11.5. The minimum atomic E-state index is -5.91. The average molecular weight is 431 g/mol. The van der Waals surface area contributed by atoms with Crippen LogP contribution in [0.5, 0.6) is 5.75 Å². The first-order valence-electron chi connectivity index (χ1n) is 8.50. The highest BCUT2D eigenvalue weighted by atomic mass is 19.4. The Morgan fingerprint density at radius 1 is 0.967 bits per heavy atom. The summed E-state index contributed by atoms with van der Waals surface area (Å²) in [5.74, 6) is -0.253. The van der Waals surface area contributed by atoms with Gasteiger partial charge in [-0.3, -0.25) is 10.2 Å². The van der Waals surface area contributed by atoms with E-state index < -0.39 is 29.9 Å². The van der Waals surface area contributed by atoms with Crippen LogP contribution < -0.4 is 10.1 Å². The number of rotatable bonds is 4. The van der Waals surface area contributed by atoms with Gasteiger partial charge >= 0.3 is 24.0 Å². The number of amides is 2. The normalized spacial score (nSPS) is 16.7. The molecule has 1 aliphatic heterocycles. The minimum absolute atomic E-state index is 0.0706. The first-order chi connectivity index (χ1) is 14.0. The molecule has 160 valence electrons.